The Kier molecular flexibility index (Phi) is 4.28. The third-order valence-corrected chi connectivity index (χ3v) is 5.53. The number of aryl methyl sites for hydroxylation is 2. The van der Waals surface area contributed by atoms with Crippen LogP contribution < -0.4 is 5.32 Å². The second-order valence-corrected chi connectivity index (χ2v) is 7.55. The molecule has 4 aromatic rings. The number of nitrogens with one attached hydrogen (secondary N) is 1. The van der Waals surface area contributed by atoms with Gasteiger partial charge in [0, 0.05) is 17.2 Å². The molecule has 3 aromatic carbocycles. The van der Waals surface area contributed by atoms with Gasteiger partial charge in [-0.05, 0) is 43.2 Å². The number of aromatic nitrogens is 2. The fourth-order valence-electron chi connectivity index (χ4n) is 4.03. The number of para-hydroxylation sites is 1. The molecule has 5 rings (SSSR count). The molecule has 0 spiro atoms. The molecule has 0 unspecified atom stereocenters. The maximum absolute atomic E-state index is 4.90. The third kappa shape index (κ3) is 3.15. The average Bonchev–Trinajstić information content (AvgIpc) is 3.11. The van der Waals surface area contributed by atoms with E-state index in [0.717, 1.165) is 22.9 Å². The van der Waals surface area contributed by atoms with Crippen molar-refractivity contribution in [1.82, 2.24) is 9.78 Å². The van der Waals surface area contributed by atoms with E-state index < -0.39 is 0 Å². The number of anilines is 1. The van der Waals surface area contributed by atoms with Crippen LogP contribution in [-0.2, 0) is 0 Å². The first-order chi connectivity index (χ1) is 14.2. The number of benzene rings is 3. The van der Waals surface area contributed by atoms with Gasteiger partial charge < -0.3 is 5.32 Å². The molecule has 1 aliphatic rings. The van der Waals surface area contributed by atoms with Gasteiger partial charge in [-0.25, -0.2) is 4.68 Å². The van der Waals surface area contributed by atoms with Crippen LogP contribution in [0.4, 0.5) is 5.82 Å². The minimum atomic E-state index is 0.154. The molecular weight excluding hydrogens is 354 g/mol. The molecule has 0 bridgehead atoms. The quantitative estimate of drug-likeness (QED) is 0.468. The van der Waals surface area contributed by atoms with E-state index in [2.05, 4.69) is 92.0 Å². The molecule has 29 heavy (non-hydrogen) atoms. The normalized spacial score (nSPS) is 15.4. The number of nitrogens with zero attached hydrogens (tertiary/aromatic N) is 2. The smallest absolute Gasteiger partial charge is 0.138 e. The standard InChI is InChI=1S/C26H23N3/c1-18-13-15-21(16-14-18)24-17-23(20-9-5-3-6-10-20)25-19(2)28-29(26(25)27-24)22-11-7-4-8-12-22/h3-17,23,27H,1-2H3/t23-/m0/s1. The Bertz CT molecular complexity index is 1170. The van der Waals surface area contributed by atoms with Crippen molar-refractivity contribution in [3.8, 4) is 5.69 Å². The fraction of sp³-hybridized carbons (Fsp3) is 0.115. The van der Waals surface area contributed by atoms with E-state index in [1.165, 1.54) is 22.3 Å². The lowest BCUT2D eigenvalue weighted by Gasteiger charge is -2.25. The summed E-state index contributed by atoms with van der Waals surface area (Å²) < 4.78 is 2.03. The summed E-state index contributed by atoms with van der Waals surface area (Å²) in [7, 11) is 0. The summed E-state index contributed by atoms with van der Waals surface area (Å²) in [6, 6.07) is 29.7. The summed E-state index contributed by atoms with van der Waals surface area (Å²) in [5.41, 5.74) is 8.16. The second-order valence-electron chi connectivity index (χ2n) is 7.55. The highest BCUT2D eigenvalue weighted by atomic mass is 15.3. The van der Waals surface area contributed by atoms with Gasteiger partial charge in [0.25, 0.3) is 0 Å². The van der Waals surface area contributed by atoms with Crippen LogP contribution in [0.1, 0.15) is 33.9 Å². The van der Waals surface area contributed by atoms with Crippen LogP contribution in [0, 0.1) is 13.8 Å². The van der Waals surface area contributed by atoms with E-state index in [4.69, 9.17) is 5.10 Å². The summed E-state index contributed by atoms with van der Waals surface area (Å²) in [5, 5.41) is 8.58. The lowest BCUT2D eigenvalue weighted by atomic mass is 9.87. The maximum atomic E-state index is 4.90. The fourth-order valence-corrected chi connectivity index (χ4v) is 4.03. The van der Waals surface area contributed by atoms with E-state index in [9.17, 15) is 0 Å². The molecule has 2 heterocycles. The van der Waals surface area contributed by atoms with Crippen LogP contribution in [-0.4, -0.2) is 9.78 Å². The second kappa shape index (κ2) is 7.10. The van der Waals surface area contributed by atoms with Gasteiger partial charge in [-0.1, -0.05) is 78.4 Å². The minimum Gasteiger partial charge on any atom is -0.340 e. The zero-order chi connectivity index (χ0) is 19.8. The largest absolute Gasteiger partial charge is 0.340 e. The maximum Gasteiger partial charge on any atom is 0.138 e. The first kappa shape index (κ1) is 17.5. The monoisotopic (exact) mass is 377 g/mol. The number of allylic oxidation sites excluding steroid dienone is 1. The first-order valence-electron chi connectivity index (χ1n) is 9.96. The molecule has 1 atom stereocenters. The van der Waals surface area contributed by atoms with Crippen molar-refractivity contribution in [2.24, 2.45) is 0 Å². The molecule has 142 valence electrons. The molecule has 3 heteroatoms. The van der Waals surface area contributed by atoms with Crippen LogP contribution >= 0.6 is 0 Å². The molecule has 0 radical (unpaired) electrons. The Morgan fingerprint density at radius 2 is 1.45 bits per heavy atom. The van der Waals surface area contributed by atoms with Crippen molar-refractivity contribution in [3.63, 3.8) is 0 Å². The molecule has 1 aromatic heterocycles. The van der Waals surface area contributed by atoms with Crippen LogP contribution in [0.2, 0.25) is 0 Å². The lowest BCUT2D eigenvalue weighted by Crippen LogP contribution is -2.15. The highest BCUT2D eigenvalue weighted by Crippen LogP contribution is 2.41. The summed E-state index contributed by atoms with van der Waals surface area (Å²) in [6.07, 6.45) is 2.33. The van der Waals surface area contributed by atoms with Crippen molar-refractivity contribution < 1.29 is 0 Å². The molecule has 0 saturated carbocycles. The molecule has 1 aliphatic heterocycles. The van der Waals surface area contributed by atoms with E-state index in [0.29, 0.717) is 0 Å². The van der Waals surface area contributed by atoms with Gasteiger partial charge in [-0.2, -0.15) is 5.10 Å². The molecule has 0 aliphatic carbocycles. The van der Waals surface area contributed by atoms with Gasteiger partial charge in [-0.15, -0.1) is 0 Å². The van der Waals surface area contributed by atoms with Crippen molar-refractivity contribution in [2.75, 3.05) is 5.32 Å². The summed E-state index contributed by atoms with van der Waals surface area (Å²) >= 11 is 0. The summed E-state index contributed by atoms with van der Waals surface area (Å²) in [4.78, 5) is 0. The van der Waals surface area contributed by atoms with Crippen LogP contribution in [0.15, 0.2) is 91.0 Å². The molecule has 3 nitrogen and oxygen atoms in total. The van der Waals surface area contributed by atoms with Gasteiger partial charge in [0.15, 0.2) is 0 Å². The van der Waals surface area contributed by atoms with E-state index >= 15 is 0 Å². The molecule has 0 amide bonds. The van der Waals surface area contributed by atoms with Crippen LogP contribution in [0.25, 0.3) is 11.4 Å². The molecule has 0 fully saturated rings. The predicted octanol–water partition coefficient (Wildman–Crippen LogP) is 6.09. The van der Waals surface area contributed by atoms with Crippen molar-refractivity contribution >= 4 is 11.5 Å². The summed E-state index contributed by atoms with van der Waals surface area (Å²) in [5.74, 6) is 1.20. The minimum absolute atomic E-state index is 0.154. The van der Waals surface area contributed by atoms with E-state index in [1.54, 1.807) is 0 Å². The molecule has 0 saturated heterocycles. The zero-order valence-corrected chi connectivity index (χ0v) is 16.6. The Hall–Kier alpha value is -3.59. The zero-order valence-electron chi connectivity index (χ0n) is 16.6. The Morgan fingerprint density at radius 1 is 0.793 bits per heavy atom. The first-order valence-corrected chi connectivity index (χ1v) is 9.96. The average molecular weight is 377 g/mol. The number of rotatable bonds is 3. The predicted molar refractivity (Wildman–Crippen MR) is 119 cm³/mol. The van der Waals surface area contributed by atoms with E-state index in [-0.39, 0.29) is 5.92 Å². The Balaban J connectivity index is 1.70. The highest BCUT2D eigenvalue weighted by molar-refractivity contribution is 5.83. The Labute approximate surface area is 171 Å². The Morgan fingerprint density at radius 3 is 2.14 bits per heavy atom. The van der Waals surface area contributed by atoms with Gasteiger partial charge in [0.05, 0.1) is 11.4 Å². The third-order valence-electron chi connectivity index (χ3n) is 5.53. The van der Waals surface area contributed by atoms with Crippen molar-refractivity contribution in [2.45, 2.75) is 19.8 Å². The van der Waals surface area contributed by atoms with Crippen molar-refractivity contribution in [1.29, 1.82) is 0 Å². The van der Waals surface area contributed by atoms with Crippen LogP contribution in [0.5, 0.6) is 0 Å². The number of fused-ring (bicyclic) bond motifs is 1. The molecular formula is C26H23N3. The van der Waals surface area contributed by atoms with Gasteiger partial charge >= 0.3 is 0 Å². The summed E-state index contributed by atoms with van der Waals surface area (Å²) in [6.45, 7) is 4.21. The van der Waals surface area contributed by atoms with E-state index in [1.807, 2.05) is 22.9 Å². The van der Waals surface area contributed by atoms with Crippen LogP contribution in [0.3, 0.4) is 0 Å². The number of hydrogen-bond acceptors (Lipinski definition) is 2. The SMILES string of the molecule is Cc1ccc(C2=C[C@@H](c3ccccc3)c3c(C)nn(-c4ccccc4)c3N2)cc1. The highest BCUT2D eigenvalue weighted by Gasteiger charge is 2.29. The van der Waals surface area contributed by atoms with Gasteiger partial charge in [0.2, 0.25) is 0 Å². The van der Waals surface area contributed by atoms with Gasteiger partial charge in [-0.3, -0.25) is 0 Å². The lowest BCUT2D eigenvalue weighted by molar-refractivity contribution is 0.870. The van der Waals surface area contributed by atoms with Crippen molar-refractivity contribution in [3.05, 3.63) is 119 Å². The number of hydrogen-bond donors (Lipinski definition) is 1. The topological polar surface area (TPSA) is 29.9 Å². The molecule has 1 N–H and O–H groups in total. The van der Waals surface area contributed by atoms with Gasteiger partial charge in [0.1, 0.15) is 5.82 Å².